The molecule has 6 nitrogen and oxygen atoms in total. The molecule has 5 rings (SSSR count). The number of rotatable bonds is 4. The number of fused-ring (bicyclic) bond motifs is 1. The number of nitrogens with zero attached hydrogens (tertiary/aromatic N) is 5. The van der Waals surface area contributed by atoms with Crippen LogP contribution in [0.25, 0.3) is 17.0 Å². The predicted molar refractivity (Wildman–Crippen MR) is 109 cm³/mol. The topological polar surface area (TPSA) is 55.5 Å². The van der Waals surface area contributed by atoms with Crippen molar-refractivity contribution in [3.63, 3.8) is 0 Å². The summed E-state index contributed by atoms with van der Waals surface area (Å²) < 4.78 is 7.39. The lowest BCUT2D eigenvalue weighted by atomic mass is 9.97. The van der Waals surface area contributed by atoms with Crippen molar-refractivity contribution in [2.45, 2.75) is 12.3 Å². The summed E-state index contributed by atoms with van der Waals surface area (Å²) in [5.41, 5.74) is 3.03. The fourth-order valence-corrected chi connectivity index (χ4v) is 3.94. The van der Waals surface area contributed by atoms with Crippen molar-refractivity contribution < 1.29 is 4.74 Å². The van der Waals surface area contributed by atoms with Crippen molar-refractivity contribution in [3.05, 3.63) is 72.3 Å². The minimum atomic E-state index is 0.433. The molecule has 0 saturated carbocycles. The van der Waals surface area contributed by atoms with Crippen molar-refractivity contribution in [3.8, 4) is 17.1 Å². The number of aromatic nitrogens is 4. The molecule has 3 heterocycles. The van der Waals surface area contributed by atoms with Gasteiger partial charge < -0.3 is 9.64 Å². The highest BCUT2D eigenvalue weighted by atomic mass is 16.5. The third-order valence-electron chi connectivity index (χ3n) is 5.37. The van der Waals surface area contributed by atoms with Crippen LogP contribution in [0, 0.1) is 0 Å². The molecule has 28 heavy (non-hydrogen) atoms. The highest BCUT2D eigenvalue weighted by Gasteiger charge is 2.27. The molecule has 1 atom stereocenters. The van der Waals surface area contributed by atoms with E-state index in [1.165, 1.54) is 5.56 Å². The molecule has 0 aliphatic carbocycles. The Balaban J connectivity index is 1.46. The van der Waals surface area contributed by atoms with E-state index in [-0.39, 0.29) is 0 Å². The molecule has 2 aromatic heterocycles. The highest BCUT2D eigenvalue weighted by Crippen LogP contribution is 2.35. The Bertz CT molecular complexity index is 1110. The molecule has 1 unspecified atom stereocenters. The first-order chi connectivity index (χ1) is 13.8. The van der Waals surface area contributed by atoms with E-state index in [1.54, 1.807) is 7.11 Å². The van der Waals surface area contributed by atoms with Crippen molar-refractivity contribution >= 4 is 11.5 Å². The Hall–Kier alpha value is -3.41. The largest absolute Gasteiger partial charge is 0.496 e. The third kappa shape index (κ3) is 2.87. The van der Waals surface area contributed by atoms with Gasteiger partial charge in [-0.05, 0) is 30.2 Å². The van der Waals surface area contributed by atoms with Crippen LogP contribution in [0.1, 0.15) is 17.9 Å². The van der Waals surface area contributed by atoms with E-state index in [2.05, 4.69) is 27.2 Å². The van der Waals surface area contributed by atoms with Crippen LogP contribution in [0.2, 0.25) is 0 Å². The van der Waals surface area contributed by atoms with Gasteiger partial charge in [-0.25, -0.2) is 0 Å². The van der Waals surface area contributed by atoms with Gasteiger partial charge in [0.05, 0.1) is 7.11 Å². The van der Waals surface area contributed by atoms with Crippen LogP contribution in [0.4, 0.5) is 5.82 Å². The Morgan fingerprint density at radius 3 is 2.61 bits per heavy atom. The van der Waals surface area contributed by atoms with Crippen molar-refractivity contribution in [1.82, 2.24) is 19.8 Å². The molecule has 0 radical (unpaired) electrons. The normalized spacial score (nSPS) is 16.6. The lowest BCUT2D eigenvalue weighted by Crippen LogP contribution is -2.21. The second-order valence-electron chi connectivity index (χ2n) is 7.02. The van der Waals surface area contributed by atoms with Gasteiger partial charge in [-0.15, -0.1) is 15.3 Å². The zero-order valence-electron chi connectivity index (χ0n) is 15.7. The summed E-state index contributed by atoms with van der Waals surface area (Å²) in [5, 5.41) is 13.4. The second kappa shape index (κ2) is 6.96. The monoisotopic (exact) mass is 371 g/mol. The van der Waals surface area contributed by atoms with E-state index < -0.39 is 0 Å². The number of anilines is 1. The quantitative estimate of drug-likeness (QED) is 0.546. The van der Waals surface area contributed by atoms with E-state index in [4.69, 9.17) is 9.84 Å². The summed E-state index contributed by atoms with van der Waals surface area (Å²) in [5.74, 6) is 3.10. The first kappa shape index (κ1) is 16.7. The zero-order valence-corrected chi connectivity index (χ0v) is 15.7. The van der Waals surface area contributed by atoms with Gasteiger partial charge >= 0.3 is 0 Å². The maximum Gasteiger partial charge on any atom is 0.185 e. The minimum absolute atomic E-state index is 0.433. The first-order valence-electron chi connectivity index (χ1n) is 9.49. The average Bonchev–Trinajstić information content (AvgIpc) is 3.41. The molecular weight excluding hydrogens is 350 g/mol. The maximum atomic E-state index is 5.56. The molecule has 0 bridgehead atoms. The number of para-hydroxylation sites is 1. The molecule has 0 N–H and O–H groups in total. The molecular formula is C22H21N5O. The van der Waals surface area contributed by atoms with E-state index in [0.29, 0.717) is 5.92 Å². The molecule has 1 aliphatic rings. The number of methoxy groups -OCH3 is 1. The Morgan fingerprint density at radius 2 is 1.75 bits per heavy atom. The predicted octanol–water partition coefficient (Wildman–Crippen LogP) is 3.79. The molecule has 1 saturated heterocycles. The van der Waals surface area contributed by atoms with Crippen LogP contribution in [-0.4, -0.2) is 40.0 Å². The van der Waals surface area contributed by atoms with Gasteiger partial charge in [0, 0.05) is 24.6 Å². The molecule has 0 spiro atoms. The Labute approximate surface area is 163 Å². The average molecular weight is 371 g/mol. The van der Waals surface area contributed by atoms with Gasteiger partial charge in [0.15, 0.2) is 11.5 Å². The standard InChI is InChI=1S/C22H21N5O/c1-28-19-10-6-5-9-18(19)17-13-14-26(15-17)21-12-11-20-23-24-22(27(20)25-21)16-7-3-2-4-8-16/h2-12,17H,13-15H2,1H3. The van der Waals surface area contributed by atoms with Crippen LogP contribution >= 0.6 is 0 Å². The Kier molecular flexibility index (Phi) is 4.16. The summed E-state index contributed by atoms with van der Waals surface area (Å²) >= 11 is 0. The van der Waals surface area contributed by atoms with Gasteiger partial charge in [-0.1, -0.05) is 48.5 Å². The summed E-state index contributed by atoms with van der Waals surface area (Å²) in [7, 11) is 1.73. The molecule has 1 aliphatic heterocycles. The van der Waals surface area contributed by atoms with Crippen LogP contribution in [-0.2, 0) is 0 Å². The van der Waals surface area contributed by atoms with Gasteiger partial charge in [0.25, 0.3) is 0 Å². The Morgan fingerprint density at radius 1 is 0.929 bits per heavy atom. The lowest BCUT2D eigenvalue weighted by molar-refractivity contribution is 0.406. The number of benzene rings is 2. The second-order valence-corrected chi connectivity index (χ2v) is 7.02. The van der Waals surface area contributed by atoms with Crippen molar-refractivity contribution in [2.75, 3.05) is 25.1 Å². The van der Waals surface area contributed by atoms with Crippen molar-refractivity contribution in [1.29, 1.82) is 0 Å². The van der Waals surface area contributed by atoms with Crippen LogP contribution in [0.3, 0.4) is 0 Å². The number of ether oxygens (including phenoxy) is 1. The van der Waals surface area contributed by atoms with Crippen molar-refractivity contribution in [2.24, 2.45) is 0 Å². The summed E-state index contributed by atoms with van der Waals surface area (Å²) in [6, 6.07) is 22.3. The molecule has 140 valence electrons. The van der Waals surface area contributed by atoms with Crippen LogP contribution < -0.4 is 9.64 Å². The van der Waals surface area contributed by atoms with E-state index in [9.17, 15) is 0 Å². The molecule has 6 heteroatoms. The van der Waals surface area contributed by atoms with Gasteiger partial charge in [-0.2, -0.15) is 4.52 Å². The first-order valence-corrected chi connectivity index (χ1v) is 9.49. The summed E-state index contributed by atoms with van der Waals surface area (Å²) in [6.07, 6.45) is 1.08. The maximum absolute atomic E-state index is 5.56. The molecule has 1 fully saturated rings. The minimum Gasteiger partial charge on any atom is -0.496 e. The smallest absolute Gasteiger partial charge is 0.185 e. The van der Waals surface area contributed by atoms with Gasteiger partial charge in [0.2, 0.25) is 0 Å². The zero-order chi connectivity index (χ0) is 18.9. The molecule has 4 aromatic rings. The number of hydrogen-bond acceptors (Lipinski definition) is 5. The molecule has 2 aromatic carbocycles. The summed E-state index contributed by atoms with van der Waals surface area (Å²) in [6.45, 7) is 1.88. The number of hydrogen-bond donors (Lipinski definition) is 0. The lowest BCUT2D eigenvalue weighted by Gasteiger charge is -2.18. The van der Waals surface area contributed by atoms with E-state index in [0.717, 1.165) is 48.1 Å². The highest BCUT2D eigenvalue weighted by molar-refractivity contribution is 5.59. The summed E-state index contributed by atoms with van der Waals surface area (Å²) in [4.78, 5) is 2.32. The SMILES string of the molecule is COc1ccccc1C1CCN(c2ccc3nnc(-c4ccccc4)n3n2)C1. The van der Waals surface area contributed by atoms with E-state index >= 15 is 0 Å². The fraction of sp³-hybridized carbons (Fsp3) is 0.227. The van der Waals surface area contributed by atoms with Gasteiger partial charge in [0.1, 0.15) is 11.6 Å². The third-order valence-corrected chi connectivity index (χ3v) is 5.37. The fourth-order valence-electron chi connectivity index (χ4n) is 3.94. The van der Waals surface area contributed by atoms with E-state index in [1.807, 2.05) is 59.1 Å². The van der Waals surface area contributed by atoms with Gasteiger partial charge in [-0.3, -0.25) is 0 Å². The molecule has 0 amide bonds. The van der Waals surface area contributed by atoms with Crippen LogP contribution in [0.5, 0.6) is 5.75 Å². The van der Waals surface area contributed by atoms with Crippen LogP contribution in [0.15, 0.2) is 66.7 Å².